The lowest BCUT2D eigenvalue weighted by atomic mass is 10.0. The van der Waals surface area contributed by atoms with Gasteiger partial charge in [-0.2, -0.15) is 0 Å². The lowest BCUT2D eigenvalue weighted by Crippen LogP contribution is -2.32. The molecule has 2 aliphatic heterocycles. The lowest BCUT2D eigenvalue weighted by Gasteiger charge is -2.18. The number of carbonyl (C=O) groups excluding carboxylic acids is 2. The summed E-state index contributed by atoms with van der Waals surface area (Å²) in [5, 5.41) is 3.26. The minimum atomic E-state index is -0.367. The number of ether oxygens (including phenoxy) is 1. The van der Waals surface area contributed by atoms with Crippen molar-refractivity contribution in [2.75, 3.05) is 34.8 Å². The molecule has 1 fully saturated rings. The van der Waals surface area contributed by atoms with Crippen LogP contribution >= 0.6 is 0 Å². The standard InChI is InChI=1S/C29H29N3O3/c1-3-35-25-15-9-21(10-16-25)26-27(29(34)32(28(26)33)24-8-6-7-20(2)19-24)30-22-11-13-23(14-12-22)31-17-4-5-18-31/h6-16,19,30H,3-5,17-18H2,1-2H3. The third kappa shape index (κ3) is 4.52. The van der Waals surface area contributed by atoms with Gasteiger partial charge in [0.2, 0.25) is 0 Å². The van der Waals surface area contributed by atoms with E-state index in [0.29, 0.717) is 23.4 Å². The smallest absolute Gasteiger partial charge is 0.282 e. The number of benzene rings is 3. The summed E-state index contributed by atoms with van der Waals surface area (Å²) < 4.78 is 5.55. The summed E-state index contributed by atoms with van der Waals surface area (Å²) in [6, 6.07) is 22.8. The van der Waals surface area contributed by atoms with Crippen LogP contribution in [0.5, 0.6) is 5.75 Å². The predicted molar refractivity (Wildman–Crippen MR) is 140 cm³/mol. The van der Waals surface area contributed by atoms with Gasteiger partial charge in [-0.25, -0.2) is 4.90 Å². The molecule has 0 radical (unpaired) electrons. The molecule has 6 nitrogen and oxygen atoms in total. The first kappa shape index (κ1) is 22.7. The van der Waals surface area contributed by atoms with Gasteiger partial charge < -0.3 is 15.0 Å². The molecule has 0 aliphatic carbocycles. The fourth-order valence-corrected chi connectivity index (χ4v) is 4.67. The Hall–Kier alpha value is -4.06. The van der Waals surface area contributed by atoms with Crippen LogP contribution in [-0.4, -0.2) is 31.5 Å². The molecule has 0 saturated carbocycles. The van der Waals surface area contributed by atoms with Crippen LogP contribution in [-0.2, 0) is 9.59 Å². The Balaban J connectivity index is 1.51. The minimum Gasteiger partial charge on any atom is -0.494 e. The van der Waals surface area contributed by atoms with Crippen LogP contribution in [0.1, 0.15) is 30.9 Å². The number of hydrogen-bond donors (Lipinski definition) is 1. The molecule has 2 aliphatic rings. The number of anilines is 3. The molecule has 2 heterocycles. The third-order valence-corrected chi connectivity index (χ3v) is 6.41. The molecule has 178 valence electrons. The maximum Gasteiger partial charge on any atom is 0.282 e. The minimum absolute atomic E-state index is 0.273. The highest BCUT2D eigenvalue weighted by Gasteiger charge is 2.40. The van der Waals surface area contributed by atoms with Crippen LogP contribution in [0.15, 0.2) is 78.5 Å². The van der Waals surface area contributed by atoms with Gasteiger partial charge in [0.25, 0.3) is 11.8 Å². The second-order valence-electron chi connectivity index (χ2n) is 8.86. The van der Waals surface area contributed by atoms with Crippen molar-refractivity contribution in [1.82, 2.24) is 0 Å². The van der Waals surface area contributed by atoms with Gasteiger partial charge in [0.05, 0.1) is 17.9 Å². The topological polar surface area (TPSA) is 61.9 Å². The zero-order valence-corrected chi connectivity index (χ0v) is 20.1. The molecule has 1 saturated heterocycles. The summed E-state index contributed by atoms with van der Waals surface area (Å²) in [7, 11) is 0. The van der Waals surface area contributed by atoms with Crippen LogP contribution in [0, 0.1) is 6.92 Å². The third-order valence-electron chi connectivity index (χ3n) is 6.41. The van der Waals surface area contributed by atoms with E-state index in [2.05, 4.69) is 22.3 Å². The Bertz CT molecular complexity index is 1270. The molecule has 2 amide bonds. The van der Waals surface area contributed by atoms with Crippen molar-refractivity contribution < 1.29 is 14.3 Å². The molecule has 0 bridgehead atoms. The molecule has 3 aromatic carbocycles. The first-order valence-electron chi connectivity index (χ1n) is 12.1. The van der Waals surface area contributed by atoms with Crippen LogP contribution in [0.4, 0.5) is 17.1 Å². The van der Waals surface area contributed by atoms with E-state index < -0.39 is 0 Å². The van der Waals surface area contributed by atoms with Gasteiger partial charge in [0.15, 0.2) is 0 Å². The molecular weight excluding hydrogens is 438 g/mol. The second-order valence-corrected chi connectivity index (χ2v) is 8.86. The Morgan fingerprint density at radius 3 is 2.23 bits per heavy atom. The fourth-order valence-electron chi connectivity index (χ4n) is 4.67. The maximum absolute atomic E-state index is 13.6. The first-order valence-corrected chi connectivity index (χ1v) is 12.1. The largest absolute Gasteiger partial charge is 0.494 e. The van der Waals surface area contributed by atoms with E-state index in [1.165, 1.54) is 23.4 Å². The summed E-state index contributed by atoms with van der Waals surface area (Å²) in [6.07, 6.45) is 2.42. The number of nitrogens with one attached hydrogen (secondary N) is 1. The van der Waals surface area contributed by atoms with Gasteiger partial charge in [-0.3, -0.25) is 9.59 Å². The zero-order valence-electron chi connectivity index (χ0n) is 20.1. The maximum atomic E-state index is 13.6. The molecule has 35 heavy (non-hydrogen) atoms. The van der Waals surface area contributed by atoms with Crippen molar-refractivity contribution in [2.45, 2.75) is 26.7 Å². The first-order chi connectivity index (χ1) is 17.0. The molecule has 0 unspecified atom stereocenters. The highest BCUT2D eigenvalue weighted by molar-refractivity contribution is 6.46. The Labute approximate surface area is 205 Å². The number of aryl methyl sites for hydroxylation is 1. The number of carbonyl (C=O) groups is 2. The van der Waals surface area contributed by atoms with Gasteiger partial charge in [-0.05, 0) is 86.3 Å². The van der Waals surface area contributed by atoms with Crippen LogP contribution in [0.2, 0.25) is 0 Å². The average molecular weight is 468 g/mol. The highest BCUT2D eigenvalue weighted by atomic mass is 16.5. The van der Waals surface area contributed by atoms with E-state index in [0.717, 1.165) is 30.1 Å². The van der Waals surface area contributed by atoms with Crippen molar-refractivity contribution in [3.05, 3.63) is 89.6 Å². The lowest BCUT2D eigenvalue weighted by molar-refractivity contribution is -0.120. The van der Waals surface area contributed by atoms with Gasteiger partial charge >= 0.3 is 0 Å². The zero-order chi connectivity index (χ0) is 24.4. The Morgan fingerprint density at radius 1 is 0.857 bits per heavy atom. The number of hydrogen-bond acceptors (Lipinski definition) is 5. The molecule has 0 aromatic heterocycles. The summed E-state index contributed by atoms with van der Waals surface area (Å²) in [5.41, 5.74) is 4.76. The van der Waals surface area contributed by atoms with E-state index in [1.54, 1.807) is 6.07 Å². The van der Waals surface area contributed by atoms with E-state index in [4.69, 9.17) is 4.74 Å². The monoisotopic (exact) mass is 467 g/mol. The van der Waals surface area contributed by atoms with Crippen molar-refractivity contribution in [2.24, 2.45) is 0 Å². The Morgan fingerprint density at radius 2 is 1.57 bits per heavy atom. The average Bonchev–Trinajstić information content (AvgIpc) is 3.48. The molecule has 0 atom stereocenters. The van der Waals surface area contributed by atoms with Crippen molar-refractivity contribution in [3.63, 3.8) is 0 Å². The van der Waals surface area contributed by atoms with Gasteiger partial charge in [0.1, 0.15) is 11.4 Å². The second kappa shape index (κ2) is 9.66. The van der Waals surface area contributed by atoms with E-state index >= 15 is 0 Å². The molecule has 0 spiro atoms. The number of rotatable bonds is 7. The summed E-state index contributed by atoms with van der Waals surface area (Å²) >= 11 is 0. The number of nitrogens with zero attached hydrogens (tertiary/aromatic N) is 2. The predicted octanol–water partition coefficient (Wildman–Crippen LogP) is 5.39. The normalized spacial score (nSPS) is 15.8. The summed E-state index contributed by atoms with van der Waals surface area (Å²) in [6.45, 7) is 6.56. The van der Waals surface area contributed by atoms with Crippen molar-refractivity contribution in [3.8, 4) is 5.75 Å². The molecule has 1 N–H and O–H groups in total. The Kier molecular flexibility index (Phi) is 6.27. The number of amides is 2. The quantitative estimate of drug-likeness (QED) is 0.472. The van der Waals surface area contributed by atoms with Gasteiger partial charge in [0, 0.05) is 24.5 Å². The van der Waals surface area contributed by atoms with Crippen molar-refractivity contribution in [1.29, 1.82) is 0 Å². The summed E-state index contributed by atoms with van der Waals surface area (Å²) in [4.78, 5) is 30.9. The summed E-state index contributed by atoms with van der Waals surface area (Å²) in [5.74, 6) is 0.00484. The molecular formula is C29H29N3O3. The van der Waals surface area contributed by atoms with Crippen molar-refractivity contribution >= 4 is 34.4 Å². The van der Waals surface area contributed by atoms with Crippen LogP contribution < -0.4 is 19.9 Å². The van der Waals surface area contributed by atoms with Gasteiger partial charge in [-0.1, -0.05) is 24.3 Å². The molecule has 3 aromatic rings. The van der Waals surface area contributed by atoms with E-state index in [1.807, 2.05) is 68.4 Å². The SMILES string of the molecule is CCOc1ccc(C2=C(Nc3ccc(N4CCCC4)cc3)C(=O)N(c3cccc(C)c3)C2=O)cc1. The van der Waals surface area contributed by atoms with Crippen LogP contribution in [0.3, 0.4) is 0 Å². The highest BCUT2D eigenvalue weighted by Crippen LogP contribution is 2.35. The van der Waals surface area contributed by atoms with Crippen LogP contribution in [0.25, 0.3) is 5.57 Å². The molecule has 6 heteroatoms. The van der Waals surface area contributed by atoms with E-state index in [-0.39, 0.29) is 17.5 Å². The van der Waals surface area contributed by atoms with Gasteiger partial charge in [-0.15, -0.1) is 0 Å². The number of imide groups is 1. The fraction of sp³-hybridized carbons (Fsp3) is 0.241. The molecule has 5 rings (SSSR count). The van der Waals surface area contributed by atoms with E-state index in [9.17, 15) is 9.59 Å².